The lowest BCUT2D eigenvalue weighted by molar-refractivity contribution is -0.130. The number of thioether (sulfide) groups is 1. The molecule has 0 bridgehead atoms. The summed E-state index contributed by atoms with van der Waals surface area (Å²) in [6.45, 7) is 0.205. The van der Waals surface area contributed by atoms with Crippen molar-refractivity contribution in [1.82, 2.24) is 15.8 Å². The van der Waals surface area contributed by atoms with Gasteiger partial charge < -0.3 is 9.64 Å². The van der Waals surface area contributed by atoms with Gasteiger partial charge in [0.25, 0.3) is 17.1 Å². The smallest absolute Gasteiger partial charge is 0.282 e. The lowest BCUT2D eigenvalue weighted by Crippen LogP contribution is -2.47. The van der Waals surface area contributed by atoms with E-state index in [4.69, 9.17) is 4.74 Å². The molecule has 1 heterocycles. The first-order valence-corrected chi connectivity index (χ1v) is 9.38. The molecule has 3 rings (SSSR count). The number of benzene rings is 2. The van der Waals surface area contributed by atoms with Gasteiger partial charge in [-0.15, -0.1) is 0 Å². The van der Waals surface area contributed by atoms with Crippen LogP contribution in [-0.2, 0) is 9.59 Å². The molecule has 3 amide bonds. The Hall–Kier alpha value is -3.00. The lowest BCUT2D eigenvalue weighted by atomic mass is 10.1. The zero-order chi connectivity index (χ0) is 19.1. The van der Waals surface area contributed by atoms with Gasteiger partial charge in [-0.25, -0.2) is 0 Å². The fourth-order valence-electron chi connectivity index (χ4n) is 2.55. The van der Waals surface area contributed by atoms with Crippen LogP contribution in [-0.4, -0.2) is 47.4 Å². The van der Waals surface area contributed by atoms with Crippen LogP contribution in [0.1, 0.15) is 0 Å². The Morgan fingerprint density at radius 3 is 2.44 bits per heavy atom. The van der Waals surface area contributed by atoms with Gasteiger partial charge in [-0.2, -0.15) is 0 Å². The van der Waals surface area contributed by atoms with E-state index in [0.717, 1.165) is 11.1 Å². The molecule has 1 aliphatic heterocycles. The largest absolute Gasteiger partial charge is 0.483 e. The molecule has 1 saturated heterocycles. The van der Waals surface area contributed by atoms with E-state index in [0.29, 0.717) is 18.0 Å². The maximum atomic E-state index is 11.9. The highest BCUT2D eigenvalue weighted by Gasteiger charge is 2.23. The molecule has 0 saturated carbocycles. The fourth-order valence-corrected chi connectivity index (χ4v) is 3.37. The van der Waals surface area contributed by atoms with Crippen molar-refractivity contribution >= 4 is 28.8 Å². The quantitative estimate of drug-likeness (QED) is 0.743. The van der Waals surface area contributed by atoms with Crippen LogP contribution < -0.4 is 15.6 Å². The number of carbonyl (C=O) groups excluding carboxylic acids is 3. The van der Waals surface area contributed by atoms with Gasteiger partial charge >= 0.3 is 0 Å². The summed E-state index contributed by atoms with van der Waals surface area (Å²) in [6.07, 6.45) is 0. The minimum Gasteiger partial charge on any atom is -0.483 e. The normalized spacial score (nSPS) is 13.3. The minimum atomic E-state index is -0.492. The van der Waals surface area contributed by atoms with E-state index in [-0.39, 0.29) is 18.4 Å². The molecular weight excluding hydrogens is 366 g/mol. The number of nitrogens with zero attached hydrogens (tertiary/aromatic N) is 1. The third-order valence-corrected chi connectivity index (χ3v) is 4.74. The van der Waals surface area contributed by atoms with Crippen molar-refractivity contribution in [3.63, 3.8) is 0 Å². The van der Waals surface area contributed by atoms with E-state index in [1.54, 1.807) is 6.07 Å². The van der Waals surface area contributed by atoms with Crippen molar-refractivity contribution in [2.45, 2.75) is 0 Å². The summed E-state index contributed by atoms with van der Waals surface area (Å²) < 4.78 is 5.60. The van der Waals surface area contributed by atoms with Crippen molar-refractivity contribution in [2.75, 3.05) is 25.4 Å². The number of para-hydroxylation sites is 1. The molecule has 0 atom stereocenters. The number of carbonyl (C=O) groups is 3. The third-order valence-electron chi connectivity index (χ3n) is 3.85. The third kappa shape index (κ3) is 5.24. The molecule has 0 aromatic heterocycles. The van der Waals surface area contributed by atoms with Gasteiger partial charge in [-0.3, -0.25) is 25.2 Å². The maximum Gasteiger partial charge on any atom is 0.282 e. The van der Waals surface area contributed by atoms with Gasteiger partial charge in [-0.1, -0.05) is 60.3 Å². The van der Waals surface area contributed by atoms with E-state index in [2.05, 4.69) is 10.9 Å². The second kappa shape index (κ2) is 9.09. The predicted molar refractivity (Wildman–Crippen MR) is 103 cm³/mol. The van der Waals surface area contributed by atoms with Crippen LogP contribution in [0.4, 0.5) is 4.79 Å². The van der Waals surface area contributed by atoms with Gasteiger partial charge in [0, 0.05) is 17.9 Å². The van der Waals surface area contributed by atoms with Gasteiger partial charge in [0.15, 0.2) is 6.61 Å². The summed E-state index contributed by atoms with van der Waals surface area (Å²) in [6, 6.07) is 17.1. The Morgan fingerprint density at radius 2 is 1.70 bits per heavy atom. The molecule has 8 heteroatoms. The molecule has 0 radical (unpaired) electrons. The standard InChI is InChI=1S/C19H19N3O4S/c23-17(12-22-10-11-27-19(22)25)20-21-18(24)13-26-16-9-5-4-8-15(16)14-6-2-1-3-7-14/h1-9H,10-13H2,(H,20,23)(H,21,24). The maximum absolute atomic E-state index is 11.9. The molecule has 140 valence electrons. The molecule has 2 aromatic carbocycles. The van der Waals surface area contributed by atoms with Gasteiger partial charge in [0.2, 0.25) is 0 Å². The molecule has 7 nitrogen and oxygen atoms in total. The summed E-state index contributed by atoms with van der Waals surface area (Å²) in [7, 11) is 0. The van der Waals surface area contributed by atoms with Gasteiger partial charge in [0.05, 0.1) is 0 Å². The fraction of sp³-hybridized carbons (Fsp3) is 0.211. The molecule has 1 fully saturated rings. The average molecular weight is 385 g/mol. The number of hydrazine groups is 1. The number of hydrogen-bond donors (Lipinski definition) is 2. The molecule has 0 aliphatic carbocycles. The van der Waals surface area contributed by atoms with Crippen molar-refractivity contribution in [2.24, 2.45) is 0 Å². The summed E-state index contributed by atoms with van der Waals surface area (Å²) in [4.78, 5) is 36.6. The summed E-state index contributed by atoms with van der Waals surface area (Å²) in [5, 5.41) is -0.127. The molecule has 1 aliphatic rings. The van der Waals surface area contributed by atoms with Crippen molar-refractivity contribution < 1.29 is 19.1 Å². The zero-order valence-electron chi connectivity index (χ0n) is 14.5. The minimum absolute atomic E-state index is 0.0796. The number of ether oxygens (including phenoxy) is 1. The molecule has 0 unspecified atom stereocenters. The first-order valence-electron chi connectivity index (χ1n) is 8.40. The Morgan fingerprint density at radius 1 is 1.00 bits per heavy atom. The van der Waals surface area contributed by atoms with Crippen LogP contribution in [0, 0.1) is 0 Å². The first-order chi connectivity index (χ1) is 13.1. The lowest BCUT2D eigenvalue weighted by Gasteiger charge is -2.15. The van der Waals surface area contributed by atoms with Crippen molar-refractivity contribution in [3.05, 3.63) is 54.6 Å². The Bertz CT molecular complexity index is 829. The van der Waals surface area contributed by atoms with Crippen LogP contribution in [0.15, 0.2) is 54.6 Å². The number of nitrogens with one attached hydrogen (secondary N) is 2. The zero-order valence-corrected chi connectivity index (χ0v) is 15.3. The van der Waals surface area contributed by atoms with Crippen LogP contribution in [0.2, 0.25) is 0 Å². The van der Waals surface area contributed by atoms with Crippen molar-refractivity contribution in [3.8, 4) is 16.9 Å². The monoisotopic (exact) mass is 385 g/mol. The Labute approximate surface area is 161 Å². The van der Waals surface area contributed by atoms with Crippen LogP contribution in [0.25, 0.3) is 11.1 Å². The second-order valence-electron chi connectivity index (χ2n) is 5.78. The SMILES string of the molecule is O=C(COc1ccccc1-c1ccccc1)NNC(=O)CN1CCSC1=O. The molecule has 27 heavy (non-hydrogen) atoms. The summed E-state index contributed by atoms with van der Waals surface area (Å²) in [5.41, 5.74) is 6.44. The molecule has 2 aromatic rings. The van der Waals surface area contributed by atoms with Crippen LogP contribution in [0.3, 0.4) is 0 Å². The number of hydrogen-bond acceptors (Lipinski definition) is 5. The van der Waals surface area contributed by atoms with E-state index >= 15 is 0 Å². The number of rotatable bonds is 6. The predicted octanol–water partition coefficient (Wildman–Crippen LogP) is 2.05. The highest BCUT2D eigenvalue weighted by Crippen LogP contribution is 2.29. The molecular formula is C19H19N3O4S. The van der Waals surface area contributed by atoms with Gasteiger partial charge in [0.1, 0.15) is 12.3 Å². The van der Waals surface area contributed by atoms with Gasteiger partial charge in [-0.05, 0) is 11.6 Å². The second-order valence-corrected chi connectivity index (χ2v) is 6.83. The van der Waals surface area contributed by atoms with Crippen LogP contribution >= 0.6 is 11.8 Å². The Kier molecular flexibility index (Phi) is 6.32. The van der Waals surface area contributed by atoms with E-state index in [1.165, 1.54) is 16.7 Å². The molecule has 2 N–H and O–H groups in total. The average Bonchev–Trinajstić information content (AvgIpc) is 3.10. The number of amides is 3. The van der Waals surface area contributed by atoms with E-state index in [1.807, 2.05) is 48.5 Å². The van der Waals surface area contributed by atoms with Crippen LogP contribution in [0.5, 0.6) is 5.75 Å². The topological polar surface area (TPSA) is 87.7 Å². The highest BCUT2D eigenvalue weighted by molar-refractivity contribution is 8.13. The van der Waals surface area contributed by atoms with Crippen molar-refractivity contribution in [1.29, 1.82) is 0 Å². The summed E-state index contributed by atoms with van der Waals surface area (Å²) in [5.74, 6) is 0.301. The summed E-state index contributed by atoms with van der Waals surface area (Å²) >= 11 is 1.18. The van der Waals surface area contributed by atoms with E-state index < -0.39 is 11.8 Å². The Balaban J connectivity index is 1.48. The first kappa shape index (κ1) is 18.8. The molecule has 0 spiro atoms. The highest BCUT2D eigenvalue weighted by atomic mass is 32.2. The van der Waals surface area contributed by atoms with E-state index in [9.17, 15) is 14.4 Å².